The molecular weight excluding hydrogens is 352 g/mol. The standard InChI is InChI=1S/C19H24N2O4S/c1-3-4-5-6-14-7-9-15(10-8-14)21-19(22)17-13-16(26(20,23)24)11-12-18(17)25-2/h7-13H,3-6H2,1-2H3,(H,21,22)(H2,20,23,24). The van der Waals surface area contributed by atoms with E-state index in [1.165, 1.54) is 43.7 Å². The summed E-state index contributed by atoms with van der Waals surface area (Å²) in [7, 11) is -2.50. The lowest BCUT2D eigenvalue weighted by atomic mass is 10.1. The zero-order valence-electron chi connectivity index (χ0n) is 15.0. The Labute approximate surface area is 154 Å². The number of anilines is 1. The predicted octanol–water partition coefficient (Wildman–Crippen LogP) is 3.33. The smallest absolute Gasteiger partial charge is 0.259 e. The molecule has 0 radical (unpaired) electrons. The van der Waals surface area contributed by atoms with Gasteiger partial charge in [0.2, 0.25) is 10.0 Å². The molecule has 0 aromatic heterocycles. The van der Waals surface area contributed by atoms with Crippen LogP contribution in [0.3, 0.4) is 0 Å². The van der Waals surface area contributed by atoms with Gasteiger partial charge in [-0.2, -0.15) is 0 Å². The second kappa shape index (κ2) is 8.82. The Balaban J connectivity index is 2.16. The quantitative estimate of drug-likeness (QED) is 0.690. The zero-order chi connectivity index (χ0) is 19.2. The van der Waals surface area contributed by atoms with Gasteiger partial charge in [0, 0.05) is 5.69 Å². The molecule has 0 atom stereocenters. The van der Waals surface area contributed by atoms with Crippen LogP contribution in [-0.2, 0) is 16.4 Å². The number of primary sulfonamides is 1. The van der Waals surface area contributed by atoms with Crippen molar-refractivity contribution in [1.29, 1.82) is 0 Å². The van der Waals surface area contributed by atoms with E-state index in [9.17, 15) is 13.2 Å². The molecule has 7 heteroatoms. The van der Waals surface area contributed by atoms with Crippen molar-refractivity contribution >= 4 is 21.6 Å². The molecule has 0 aliphatic heterocycles. The summed E-state index contributed by atoms with van der Waals surface area (Å²) < 4.78 is 28.2. The van der Waals surface area contributed by atoms with E-state index in [1.807, 2.05) is 24.3 Å². The van der Waals surface area contributed by atoms with Crippen molar-refractivity contribution in [3.63, 3.8) is 0 Å². The third-order valence-electron chi connectivity index (χ3n) is 4.02. The van der Waals surface area contributed by atoms with E-state index in [0.717, 1.165) is 12.8 Å². The van der Waals surface area contributed by atoms with Gasteiger partial charge in [-0.05, 0) is 48.7 Å². The number of amides is 1. The second-order valence-corrected chi connectivity index (χ2v) is 7.58. The number of aryl methyl sites for hydroxylation is 1. The normalized spacial score (nSPS) is 11.2. The zero-order valence-corrected chi connectivity index (χ0v) is 15.8. The highest BCUT2D eigenvalue weighted by Crippen LogP contribution is 2.23. The highest BCUT2D eigenvalue weighted by molar-refractivity contribution is 7.89. The average Bonchev–Trinajstić information content (AvgIpc) is 2.62. The summed E-state index contributed by atoms with van der Waals surface area (Å²) in [4.78, 5) is 12.4. The van der Waals surface area contributed by atoms with Gasteiger partial charge >= 0.3 is 0 Å². The third-order valence-corrected chi connectivity index (χ3v) is 4.94. The number of unbranched alkanes of at least 4 members (excludes halogenated alkanes) is 2. The van der Waals surface area contributed by atoms with Gasteiger partial charge in [0.15, 0.2) is 0 Å². The molecule has 0 saturated heterocycles. The van der Waals surface area contributed by atoms with Gasteiger partial charge in [-0.25, -0.2) is 13.6 Å². The molecule has 2 rings (SSSR count). The highest BCUT2D eigenvalue weighted by atomic mass is 32.2. The fourth-order valence-corrected chi connectivity index (χ4v) is 3.11. The van der Waals surface area contributed by atoms with E-state index >= 15 is 0 Å². The summed E-state index contributed by atoms with van der Waals surface area (Å²) >= 11 is 0. The molecule has 1 amide bonds. The molecule has 0 aliphatic carbocycles. The lowest BCUT2D eigenvalue weighted by Gasteiger charge is -2.11. The third kappa shape index (κ3) is 5.31. The van der Waals surface area contributed by atoms with Crippen LogP contribution in [0, 0.1) is 0 Å². The number of benzene rings is 2. The molecule has 26 heavy (non-hydrogen) atoms. The van der Waals surface area contributed by atoms with Crippen LogP contribution in [0.25, 0.3) is 0 Å². The fraction of sp³-hybridized carbons (Fsp3) is 0.316. The Morgan fingerprint density at radius 1 is 1.12 bits per heavy atom. The van der Waals surface area contributed by atoms with Crippen molar-refractivity contribution in [2.45, 2.75) is 37.5 Å². The van der Waals surface area contributed by atoms with Crippen molar-refractivity contribution in [2.75, 3.05) is 12.4 Å². The van der Waals surface area contributed by atoms with Crippen molar-refractivity contribution < 1.29 is 17.9 Å². The van der Waals surface area contributed by atoms with Crippen LogP contribution in [0.4, 0.5) is 5.69 Å². The number of hydrogen-bond acceptors (Lipinski definition) is 4. The van der Waals surface area contributed by atoms with Gasteiger partial charge in [0.05, 0.1) is 17.6 Å². The first-order valence-electron chi connectivity index (χ1n) is 8.46. The molecule has 0 saturated carbocycles. The molecule has 0 aliphatic rings. The van der Waals surface area contributed by atoms with Crippen LogP contribution < -0.4 is 15.2 Å². The number of ether oxygens (including phenoxy) is 1. The summed E-state index contributed by atoms with van der Waals surface area (Å²) in [5, 5.41) is 7.89. The second-order valence-electron chi connectivity index (χ2n) is 6.02. The Morgan fingerprint density at radius 3 is 2.38 bits per heavy atom. The predicted molar refractivity (Wildman–Crippen MR) is 102 cm³/mol. The fourth-order valence-electron chi connectivity index (χ4n) is 2.57. The minimum Gasteiger partial charge on any atom is -0.496 e. The monoisotopic (exact) mass is 376 g/mol. The Morgan fingerprint density at radius 2 is 1.81 bits per heavy atom. The van der Waals surface area contributed by atoms with E-state index in [1.54, 1.807) is 0 Å². The van der Waals surface area contributed by atoms with Crippen LogP contribution in [0.1, 0.15) is 42.1 Å². The summed E-state index contributed by atoms with van der Waals surface area (Å²) in [6, 6.07) is 11.5. The van der Waals surface area contributed by atoms with Crippen LogP contribution in [0.5, 0.6) is 5.75 Å². The molecule has 2 aromatic carbocycles. The minimum absolute atomic E-state index is 0.103. The number of carbonyl (C=O) groups is 1. The summed E-state index contributed by atoms with van der Waals surface area (Å²) in [5.41, 5.74) is 1.94. The Hall–Kier alpha value is -2.38. The minimum atomic E-state index is -3.91. The van der Waals surface area contributed by atoms with E-state index in [4.69, 9.17) is 9.88 Å². The van der Waals surface area contributed by atoms with E-state index in [0.29, 0.717) is 5.69 Å². The lowest BCUT2D eigenvalue weighted by Crippen LogP contribution is -2.16. The van der Waals surface area contributed by atoms with Gasteiger partial charge in [-0.1, -0.05) is 31.9 Å². The number of hydrogen-bond donors (Lipinski definition) is 2. The summed E-state index contributed by atoms with van der Waals surface area (Å²) in [6.07, 6.45) is 4.51. The van der Waals surface area contributed by atoms with Crippen molar-refractivity contribution in [1.82, 2.24) is 0 Å². The summed E-state index contributed by atoms with van der Waals surface area (Å²) in [6.45, 7) is 2.16. The Kier molecular flexibility index (Phi) is 6.76. The molecule has 6 nitrogen and oxygen atoms in total. The van der Waals surface area contributed by atoms with E-state index in [-0.39, 0.29) is 16.2 Å². The van der Waals surface area contributed by atoms with Gasteiger partial charge < -0.3 is 10.1 Å². The number of sulfonamides is 1. The molecule has 140 valence electrons. The number of methoxy groups -OCH3 is 1. The summed E-state index contributed by atoms with van der Waals surface area (Å²) in [5.74, 6) is -0.197. The maximum Gasteiger partial charge on any atom is 0.259 e. The molecule has 0 fully saturated rings. The molecule has 0 heterocycles. The number of carbonyl (C=O) groups excluding carboxylic acids is 1. The first-order chi connectivity index (χ1) is 12.3. The number of nitrogens with two attached hydrogens (primary N) is 1. The first kappa shape index (κ1) is 19.9. The largest absolute Gasteiger partial charge is 0.496 e. The van der Waals surface area contributed by atoms with E-state index < -0.39 is 15.9 Å². The Bertz CT molecular complexity index is 862. The van der Waals surface area contributed by atoms with Crippen LogP contribution in [-0.4, -0.2) is 21.4 Å². The van der Waals surface area contributed by atoms with E-state index in [2.05, 4.69) is 12.2 Å². The van der Waals surface area contributed by atoms with Crippen molar-refractivity contribution in [3.05, 3.63) is 53.6 Å². The van der Waals surface area contributed by atoms with Gasteiger partial charge in [0.1, 0.15) is 5.75 Å². The van der Waals surface area contributed by atoms with Crippen LogP contribution in [0.15, 0.2) is 47.4 Å². The molecule has 0 unspecified atom stereocenters. The molecule has 3 N–H and O–H groups in total. The SMILES string of the molecule is CCCCCc1ccc(NC(=O)c2cc(S(N)(=O)=O)ccc2OC)cc1. The number of nitrogens with one attached hydrogen (secondary N) is 1. The molecule has 2 aromatic rings. The van der Waals surface area contributed by atoms with Gasteiger partial charge in [-0.15, -0.1) is 0 Å². The van der Waals surface area contributed by atoms with Crippen molar-refractivity contribution in [2.24, 2.45) is 5.14 Å². The number of rotatable bonds is 8. The average molecular weight is 376 g/mol. The van der Waals surface area contributed by atoms with Gasteiger partial charge in [0.25, 0.3) is 5.91 Å². The van der Waals surface area contributed by atoms with Crippen molar-refractivity contribution in [3.8, 4) is 5.75 Å². The molecule has 0 spiro atoms. The topological polar surface area (TPSA) is 98.5 Å². The maximum absolute atomic E-state index is 12.5. The molecule has 0 bridgehead atoms. The first-order valence-corrected chi connectivity index (χ1v) is 10.0. The van der Waals surface area contributed by atoms with Crippen LogP contribution >= 0.6 is 0 Å². The van der Waals surface area contributed by atoms with Gasteiger partial charge in [-0.3, -0.25) is 4.79 Å². The molecular formula is C19H24N2O4S. The highest BCUT2D eigenvalue weighted by Gasteiger charge is 2.17. The lowest BCUT2D eigenvalue weighted by molar-refractivity contribution is 0.102. The maximum atomic E-state index is 12.5. The van der Waals surface area contributed by atoms with Crippen LogP contribution in [0.2, 0.25) is 0 Å².